The summed E-state index contributed by atoms with van der Waals surface area (Å²) in [5.41, 5.74) is 5.65. The van der Waals surface area contributed by atoms with Crippen molar-refractivity contribution in [2.45, 2.75) is 6.42 Å². The van der Waals surface area contributed by atoms with Crippen LogP contribution in [0.15, 0.2) is 18.2 Å². The minimum Gasteiger partial charge on any atom is -0.478 e. The van der Waals surface area contributed by atoms with Gasteiger partial charge in [-0.15, -0.1) is 0 Å². The zero-order valence-corrected chi connectivity index (χ0v) is 6.96. The van der Waals surface area contributed by atoms with Crippen LogP contribution in [-0.2, 0) is 6.42 Å². The molecule has 1 aromatic carbocycles. The molecular weight excluding hydrogens is 173 g/mol. The Hall–Kier alpha value is -1.42. The summed E-state index contributed by atoms with van der Waals surface area (Å²) in [5.74, 6) is -1.64. The highest BCUT2D eigenvalue weighted by Gasteiger charge is 2.06. The number of carbonyl (C=O) groups is 1. The maximum absolute atomic E-state index is 13.1. The van der Waals surface area contributed by atoms with Crippen molar-refractivity contribution in [3.8, 4) is 0 Å². The number of benzene rings is 1. The minimum absolute atomic E-state index is 0.0433. The van der Waals surface area contributed by atoms with Gasteiger partial charge in [0.15, 0.2) is 0 Å². The Balaban J connectivity index is 2.98. The zero-order valence-electron chi connectivity index (χ0n) is 6.96. The van der Waals surface area contributed by atoms with Crippen LogP contribution in [0.4, 0.5) is 4.39 Å². The molecule has 0 atom stereocenters. The van der Waals surface area contributed by atoms with Crippen LogP contribution < -0.4 is 5.73 Å². The summed E-state index contributed by atoms with van der Waals surface area (Å²) in [6.45, 7) is 0.351. The number of halogens is 1. The van der Waals surface area contributed by atoms with Gasteiger partial charge >= 0.3 is 5.97 Å². The van der Waals surface area contributed by atoms with Crippen LogP contribution in [0.5, 0.6) is 0 Å². The molecule has 0 saturated carbocycles. The maximum atomic E-state index is 13.1. The first kappa shape index (κ1) is 9.67. The summed E-state index contributed by atoms with van der Waals surface area (Å²) in [6, 6.07) is 3.83. The van der Waals surface area contributed by atoms with Gasteiger partial charge < -0.3 is 10.8 Å². The van der Waals surface area contributed by atoms with Crippen molar-refractivity contribution in [1.29, 1.82) is 0 Å². The average molecular weight is 183 g/mol. The molecular formula is C9H10FNO2. The van der Waals surface area contributed by atoms with E-state index in [-0.39, 0.29) is 5.56 Å². The summed E-state index contributed by atoms with van der Waals surface area (Å²) >= 11 is 0. The molecule has 0 aliphatic rings. The third-order valence-corrected chi connectivity index (χ3v) is 1.71. The fourth-order valence-corrected chi connectivity index (χ4v) is 1.04. The lowest BCUT2D eigenvalue weighted by Crippen LogP contribution is -2.05. The molecule has 3 N–H and O–H groups in total. The van der Waals surface area contributed by atoms with E-state index in [1.165, 1.54) is 12.1 Å². The Morgan fingerprint density at radius 2 is 2.23 bits per heavy atom. The van der Waals surface area contributed by atoms with E-state index in [4.69, 9.17) is 10.8 Å². The van der Waals surface area contributed by atoms with E-state index in [1.54, 1.807) is 0 Å². The minimum atomic E-state index is -1.13. The number of carboxylic acids is 1. The van der Waals surface area contributed by atoms with Crippen LogP contribution in [0.25, 0.3) is 0 Å². The number of carboxylic acid groups (broad SMARTS) is 1. The molecule has 0 saturated heterocycles. The molecule has 0 spiro atoms. The van der Waals surface area contributed by atoms with Crippen LogP contribution in [0.2, 0.25) is 0 Å². The van der Waals surface area contributed by atoms with E-state index in [9.17, 15) is 9.18 Å². The van der Waals surface area contributed by atoms with Gasteiger partial charge in [0, 0.05) is 0 Å². The van der Waals surface area contributed by atoms with Gasteiger partial charge in [-0.2, -0.15) is 0 Å². The molecule has 0 amide bonds. The number of rotatable bonds is 3. The average Bonchev–Trinajstić information content (AvgIpc) is 2.08. The first-order chi connectivity index (χ1) is 6.15. The van der Waals surface area contributed by atoms with Crippen molar-refractivity contribution in [2.24, 2.45) is 5.73 Å². The van der Waals surface area contributed by atoms with E-state index in [2.05, 4.69) is 0 Å². The Kier molecular flexibility index (Phi) is 2.97. The second-order valence-electron chi connectivity index (χ2n) is 2.65. The fourth-order valence-electron chi connectivity index (χ4n) is 1.04. The molecule has 13 heavy (non-hydrogen) atoms. The molecule has 1 rings (SSSR count). The van der Waals surface area contributed by atoms with E-state index in [0.717, 1.165) is 6.07 Å². The standard InChI is InChI=1S/C9H10FNO2/c10-8-5-7(9(12)13)2-1-6(8)3-4-11/h1-2,5H,3-4,11H2,(H,12,13). The third kappa shape index (κ3) is 2.26. The molecule has 0 radical (unpaired) electrons. The van der Waals surface area contributed by atoms with E-state index in [1.807, 2.05) is 0 Å². The Morgan fingerprint density at radius 3 is 2.69 bits per heavy atom. The van der Waals surface area contributed by atoms with Crippen molar-refractivity contribution in [1.82, 2.24) is 0 Å². The predicted octanol–water partition coefficient (Wildman–Crippen LogP) is 1.03. The van der Waals surface area contributed by atoms with Crippen LogP contribution in [-0.4, -0.2) is 17.6 Å². The van der Waals surface area contributed by atoms with Crippen LogP contribution in [0.1, 0.15) is 15.9 Å². The lowest BCUT2D eigenvalue weighted by atomic mass is 10.1. The smallest absolute Gasteiger partial charge is 0.335 e. The first-order valence-corrected chi connectivity index (χ1v) is 3.87. The highest BCUT2D eigenvalue weighted by molar-refractivity contribution is 5.87. The van der Waals surface area contributed by atoms with E-state index < -0.39 is 11.8 Å². The number of hydrogen-bond acceptors (Lipinski definition) is 2. The molecule has 0 aliphatic heterocycles. The summed E-state index contributed by atoms with van der Waals surface area (Å²) in [5, 5.41) is 8.54. The molecule has 0 bridgehead atoms. The van der Waals surface area contributed by atoms with Gasteiger partial charge in [0.05, 0.1) is 5.56 Å². The van der Waals surface area contributed by atoms with Gasteiger partial charge in [-0.25, -0.2) is 9.18 Å². The van der Waals surface area contributed by atoms with E-state index >= 15 is 0 Å². The number of aromatic carboxylic acids is 1. The summed E-state index contributed by atoms with van der Waals surface area (Å²) in [7, 11) is 0. The number of nitrogens with two attached hydrogens (primary N) is 1. The van der Waals surface area contributed by atoms with Gasteiger partial charge in [-0.1, -0.05) is 6.07 Å². The Bertz CT molecular complexity index is 325. The lowest BCUT2D eigenvalue weighted by Gasteiger charge is -2.01. The largest absolute Gasteiger partial charge is 0.478 e. The van der Waals surface area contributed by atoms with Gasteiger partial charge in [0.2, 0.25) is 0 Å². The topological polar surface area (TPSA) is 63.3 Å². The maximum Gasteiger partial charge on any atom is 0.335 e. The molecule has 4 heteroatoms. The van der Waals surface area contributed by atoms with E-state index in [0.29, 0.717) is 18.5 Å². The Labute approximate surface area is 75.0 Å². The molecule has 0 unspecified atom stereocenters. The van der Waals surface area contributed by atoms with Gasteiger partial charge in [-0.3, -0.25) is 0 Å². The quantitative estimate of drug-likeness (QED) is 0.735. The SMILES string of the molecule is NCCc1ccc(C(=O)O)cc1F. The first-order valence-electron chi connectivity index (χ1n) is 3.87. The lowest BCUT2D eigenvalue weighted by molar-refractivity contribution is 0.0696. The van der Waals surface area contributed by atoms with Crippen molar-refractivity contribution >= 4 is 5.97 Å². The van der Waals surface area contributed by atoms with Crippen LogP contribution >= 0.6 is 0 Å². The van der Waals surface area contributed by atoms with Crippen LogP contribution in [0, 0.1) is 5.82 Å². The summed E-state index contributed by atoms with van der Waals surface area (Å²) < 4.78 is 13.1. The number of hydrogen-bond donors (Lipinski definition) is 2. The van der Waals surface area contributed by atoms with Gasteiger partial charge in [-0.05, 0) is 30.7 Å². The van der Waals surface area contributed by atoms with Crippen LogP contribution in [0.3, 0.4) is 0 Å². The van der Waals surface area contributed by atoms with Crippen molar-refractivity contribution in [2.75, 3.05) is 6.54 Å². The highest BCUT2D eigenvalue weighted by atomic mass is 19.1. The normalized spacial score (nSPS) is 10.0. The van der Waals surface area contributed by atoms with Gasteiger partial charge in [0.25, 0.3) is 0 Å². The molecule has 1 aromatic rings. The molecule has 0 aromatic heterocycles. The third-order valence-electron chi connectivity index (χ3n) is 1.71. The van der Waals surface area contributed by atoms with Crippen molar-refractivity contribution in [3.63, 3.8) is 0 Å². The zero-order chi connectivity index (χ0) is 9.84. The monoisotopic (exact) mass is 183 g/mol. The van der Waals surface area contributed by atoms with Crippen molar-refractivity contribution in [3.05, 3.63) is 35.1 Å². The Morgan fingerprint density at radius 1 is 1.54 bits per heavy atom. The second kappa shape index (κ2) is 4.00. The molecule has 70 valence electrons. The predicted molar refractivity (Wildman–Crippen MR) is 46.1 cm³/mol. The second-order valence-corrected chi connectivity index (χ2v) is 2.65. The highest BCUT2D eigenvalue weighted by Crippen LogP contribution is 2.10. The molecule has 0 fully saturated rings. The summed E-state index contributed by atoms with van der Waals surface area (Å²) in [4.78, 5) is 10.4. The molecule has 0 heterocycles. The van der Waals surface area contributed by atoms with Crippen molar-refractivity contribution < 1.29 is 14.3 Å². The van der Waals surface area contributed by atoms with Gasteiger partial charge in [0.1, 0.15) is 5.82 Å². The molecule has 3 nitrogen and oxygen atoms in total. The molecule has 0 aliphatic carbocycles. The fraction of sp³-hybridized carbons (Fsp3) is 0.222. The summed E-state index contributed by atoms with van der Waals surface area (Å²) in [6.07, 6.45) is 0.422.